The summed E-state index contributed by atoms with van der Waals surface area (Å²) in [6.07, 6.45) is 0. The molecule has 0 aliphatic carbocycles. The van der Waals surface area contributed by atoms with Crippen molar-refractivity contribution in [1.29, 1.82) is 0 Å². The van der Waals surface area contributed by atoms with Gasteiger partial charge in [-0.3, -0.25) is 4.79 Å². The van der Waals surface area contributed by atoms with E-state index in [-0.39, 0.29) is 12.5 Å². The number of ether oxygens (including phenoxy) is 2. The van der Waals surface area contributed by atoms with Crippen LogP contribution in [0.4, 0.5) is 0 Å². The van der Waals surface area contributed by atoms with Crippen LogP contribution in [-0.2, 0) is 11.3 Å². The largest absolute Gasteiger partial charge is 0.496 e. The van der Waals surface area contributed by atoms with Gasteiger partial charge in [-0.25, -0.2) is 0 Å². The molecule has 0 radical (unpaired) electrons. The van der Waals surface area contributed by atoms with Crippen LogP contribution in [-0.4, -0.2) is 31.6 Å². The Morgan fingerprint density at radius 2 is 1.64 bits per heavy atom. The summed E-state index contributed by atoms with van der Waals surface area (Å²) in [6, 6.07) is 23.7. The fourth-order valence-corrected chi connectivity index (χ4v) is 3.07. The van der Waals surface area contributed by atoms with E-state index in [4.69, 9.17) is 9.47 Å². The van der Waals surface area contributed by atoms with Crippen molar-refractivity contribution < 1.29 is 14.3 Å². The number of carbonyl (C=O) groups excluding carboxylic acids is 1. The van der Waals surface area contributed by atoms with Crippen LogP contribution < -0.4 is 9.47 Å². The molecular formula is C24H25NO3. The van der Waals surface area contributed by atoms with Crippen LogP contribution in [0, 0.1) is 6.92 Å². The molecule has 0 bridgehead atoms. The van der Waals surface area contributed by atoms with Crippen LogP contribution >= 0.6 is 0 Å². The Morgan fingerprint density at radius 1 is 0.929 bits per heavy atom. The highest BCUT2D eigenvalue weighted by atomic mass is 16.5. The third kappa shape index (κ3) is 4.71. The van der Waals surface area contributed by atoms with Crippen molar-refractivity contribution in [2.45, 2.75) is 13.5 Å². The number of carbonyl (C=O) groups is 1. The van der Waals surface area contributed by atoms with Gasteiger partial charge in [-0.05, 0) is 24.6 Å². The molecule has 0 atom stereocenters. The number of amides is 1. The molecule has 0 spiro atoms. The number of para-hydroxylation sites is 1. The van der Waals surface area contributed by atoms with E-state index in [9.17, 15) is 4.79 Å². The molecule has 0 N–H and O–H groups in total. The third-order valence-corrected chi connectivity index (χ3v) is 4.59. The van der Waals surface area contributed by atoms with Crippen molar-refractivity contribution in [3.63, 3.8) is 0 Å². The number of hydrogen-bond acceptors (Lipinski definition) is 3. The number of benzene rings is 3. The van der Waals surface area contributed by atoms with Crippen LogP contribution in [0.1, 0.15) is 11.1 Å². The van der Waals surface area contributed by atoms with Crippen LogP contribution in [0.3, 0.4) is 0 Å². The van der Waals surface area contributed by atoms with E-state index in [0.29, 0.717) is 12.3 Å². The SMILES string of the molecule is COc1ccc(C)cc1CN(C)C(=O)COc1ccccc1-c1ccccc1. The summed E-state index contributed by atoms with van der Waals surface area (Å²) in [5, 5.41) is 0. The van der Waals surface area contributed by atoms with E-state index in [1.807, 2.05) is 79.7 Å². The quantitative estimate of drug-likeness (QED) is 0.600. The number of methoxy groups -OCH3 is 1. The second-order valence-electron chi connectivity index (χ2n) is 6.72. The van der Waals surface area contributed by atoms with Gasteiger partial charge in [-0.15, -0.1) is 0 Å². The molecule has 0 aromatic heterocycles. The second kappa shape index (κ2) is 9.09. The van der Waals surface area contributed by atoms with Crippen LogP contribution in [0.2, 0.25) is 0 Å². The number of aryl methyl sites for hydroxylation is 1. The van der Waals surface area contributed by atoms with E-state index < -0.39 is 0 Å². The van der Waals surface area contributed by atoms with Crippen LogP contribution in [0.25, 0.3) is 11.1 Å². The highest BCUT2D eigenvalue weighted by Crippen LogP contribution is 2.29. The minimum Gasteiger partial charge on any atom is -0.496 e. The average molecular weight is 375 g/mol. The second-order valence-corrected chi connectivity index (χ2v) is 6.72. The summed E-state index contributed by atoms with van der Waals surface area (Å²) in [5.41, 5.74) is 4.13. The topological polar surface area (TPSA) is 38.8 Å². The van der Waals surface area contributed by atoms with Crippen LogP contribution in [0.15, 0.2) is 72.8 Å². The monoisotopic (exact) mass is 375 g/mol. The fourth-order valence-electron chi connectivity index (χ4n) is 3.07. The van der Waals surface area contributed by atoms with Gasteiger partial charge in [0.25, 0.3) is 5.91 Å². The molecule has 0 saturated carbocycles. The van der Waals surface area contributed by atoms with E-state index in [0.717, 1.165) is 28.0 Å². The van der Waals surface area contributed by atoms with Crippen molar-refractivity contribution >= 4 is 5.91 Å². The van der Waals surface area contributed by atoms with Gasteiger partial charge in [-0.1, -0.05) is 66.2 Å². The van der Waals surface area contributed by atoms with Gasteiger partial charge in [0.15, 0.2) is 6.61 Å². The Labute approximate surface area is 166 Å². The molecule has 28 heavy (non-hydrogen) atoms. The molecule has 0 aliphatic rings. The number of rotatable bonds is 7. The molecule has 0 fully saturated rings. The van der Waals surface area contributed by atoms with Gasteiger partial charge in [-0.2, -0.15) is 0 Å². The summed E-state index contributed by atoms with van der Waals surface area (Å²) in [4.78, 5) is 14.3. The molecule has 3 rings (SSSR count). The molecule has 4 heteroatoms. The van der Waals surface area contributed by atoms with Gasteiger partial charge in [0.05, 0.1) is 7.11 Å². The first kappa shape index (κ1) is 19.5. The van der Waals surface area contributed by atoms with Crippen molar-refractivity contribution in [2.75, 3.05) is 20.8 Å². The Kier molecular flexibility index (Phi) is 6.33. The van der Waals surface area contributed by atoms with Gasteiger partial charge < -0.3 is 14.4 Å². The highest BCUT2D eigenvalue weighted by Gasteiger charge is 2.14. The zero-order valence-corrected chi connectivity index (χ0v) is 16.5. The maximum absolute atomic E-state index is 12.6. The lowest BCUT2D eigenvalue weighted by Gasteiger charge is -2.20. The Bertz CT molecular complexity index is 938. The number of likely N-dealkylation sites (N-methyl/N-ethyl adjacent to an activating group) is 1. The first-order valence-corrected chi connectivity index (χ1v) is 9.23. The van der Waals surface area contributed by atoms with Crippen molar-refractivity contribution in [3.8, 4) is 22.6 Å². The minimum atomic E-state index is -0.0913. The predicted octanol–water partition coefficient (Wildman–Crippen LogP) is 4.71. The number of nitrogens with zero attached hydrogens (tertiary/aromatic N) is 1. The van der Waals surface area contributed by atoms with Gasteiger partial charge in [0.1, 0.15) is 11.5 Å². The molecule has 1 amide bonds. The fraction of sp³-hybridized carbons (Fsp3) is 0.208. The maximum atomic E-state index is 12.6. The van der Waals surface area contributed by atoms with Crippen molar-refractivity contribution in [1.82, 2.24) is 4.90 Å². The summed E-state index contributed by atoms with van der Waals surface area (Å²) < 4.78 is 11.3. The average Bonchev–Trinajstić information content (AvgIpc) is 2.73. The first-order chi connectivity index (χ1) is 13.6. The third-order valence-electron chi connectivity index (χ3n) is 4.59. The lowest BCUT2D eigenvalue weighted by Crippen LogP contribution is -2.31. The lowest BCUT2D eigenvalue weighted by atomic mass is 10.1. The first-order valence-electron chi connectivity index (χ1n) is 9.23. The molecular weight excluding hydrogens is 350 g/mol. The number of hydrogen-bond donors (Lipinski definition) is 0. The summed E-state index contributed by atoms with van der Waals surface area (Å²) in [6.45, 7) is 2.47. The molecule has 0 unspecified atom stereocenters. The smallest absolute Gasteiger partial charge is 0.260 e. The zero-order valence-electron chi connectivity index (χ0n) is 16.5. The molecule has 3 aromatic rings. The lowest BCUT2D eigenvalue weighted by molar-refractivity contribution is -0.132. The minimum absolute atomic E-state index is 0.0194. The molecule has 0 aliphatic heterocycles. The Hall–Kier alpha value is -3.27. The van der Waals surface area contributed by atoms with Crippen molar-refractivity contribution in [3.05, 3.63) is 83.9 Å². The highest BCUT2D eigenvalue weighted by molar-refractivity contribution is 5.78. The van der Waals surface area contributed by atoms with E-state index >= 15 is 0 Å². The van der Waals surface area contributed by atoms with Gasteiger partial charge in [0.2, 0.25) is 0 Å². The molecule has 144 valence electrons. The standard InChI is InChI=1S/C24H25NO3/c1-18-13-14-22(27-3)20(15-18)16-25(2)24(26)17-28-23-12-8-7-11-21(23)19-9-5-4-6-10-19/h4-15H,16-17H2,1-3H3. The van der Waals surface area contributed by atoms with Crippen LogP contribution in [0.5, 0.6) is 11.5 Å². The molecule has 0 heterocycles. The Balaban J connectivity index is 1.67. The van der Waals surface area contributed by atoms with Crippen molar-refractivity contribution in [2.24, 2.45) is 0 Å². The van der Waals surface area contributed by atoms with Gasteiger partial charge >= 0.3 is 0 Å². The molecule has 0 saturated heterocycles. The summed E-state index contributed by atoms with van der Waals surface area (Å²) in [5.74, 6) is 1.38. The Morgan fingerprint density at radius 3 is 2.39 bits per heavy atom. The predicted molar refractivity (Wildman–Crippen MR) is 112 cm³/mol. The maximum Gasteiger partial charge on any atom is 0.260 e. The normalized spacial score (nSPS) is 10.4. The zero-order chi connectivity index (χ0) is 19.9. The summed E-state index contributed by atoms with van der Waals surface area (Å²) >= 11 is 0. The van der Waals surface area contributed by atoms with E-state index in [1.54, 1.807) is 19.1 Å². The van der Waals surface area contributed by atoms with E-state index in [2.05, 4.69) is 0 Å². The molecule has 4 nitrogen and oxygen atoms in total. The summed E-state index contributed by atoms with van der Waals surface area (Å²) in [7, 11) is 3.41. The van der Waals surface area contributed by atoms with Gasteiger partial charge in [0, 0.05) is 24.7 Å². The molecule has 3 aromatic carbocycles. The van der Waals surface area contributed by atoms with E-state index in [1.165, 1.54) is 0 Å².